The summed E-state index contributed by atoms with van der Waals surface area (Å²) >= 11 is 0. The van der Waals surface area contributed by atoms with E-state index in [1.54, 1.807) is 6.08 Å². The summed E-state index contributed by atoms with van der Waals surface area (Å²) in [5.74, 6) is -1.19. The Morgan fingerprint density at radius 1 is 0.520 bits per heavy atom. The topological polar surface area (TPSA) is 175 Å². The van der Waals surface area contributed by atoms with Gasteiger partial charge in [-0.2, -0.15) is 0 Å². The van der Waals surface area contributed by atoms with E-state index in [-0.39, 0.29) is 19.4 Å². The van der Waals surface area contributed by atoms with Crippen molar-refractivity contribution >= 4 is 11.9 Å². The first-order chi connectivity index (χ1) is 36.7. The van der Waals surface area contributed by atoms with Gasteiger partial charge < -0.3 is 45.1 Å². The summed E-state index contributed by atoms with van der Waals surface area (Å²) in [6.45, 7) is 5.76. The third-order valence-corrected chi connectivity index (χ3v) is 14.7. The fourth-order valence-corrected chi connectivity index (χ4v) is 9.72. The first kappa shape index (κ1) is 70.6. The molecule has 1 amide bonds. The lowest BCUT2D eigenvalue weighted by Crippen LogP contribution is -2.61. The molecule has 0 aliphatic carbocycles. The van der Waals surface area contributed by atoms with Gasteiger partial charge in [0.2, 0.25) is 5.91 Å². The van der Waals surface area contributed by atoms with Gasteiger partial charge in [0, 0.05) is 6.42 Å². The number of carbonyl (C=O) groups is 2. The van der Waals surface area contributed by atoms with E-state index in [4.69, 9.17) is 14.2 Å². The first-order valence-corrected chi connectivity index (χ1v) is 31.4. The molecule has 75 heavy (non-hydrogen) atoms. The van der Waals surface area contributed by atoms with E-state index in [2.05, 4.69) is 62.5 Å². The average molecular weight is 1060 g/mol. The number of ether oxygens (including phenoxy) is 3. The quantitative estimate of drug-likeness (QED) is 0.0195. The standard InChI is InChI=1S/C64H117NO10/c1-4-7-10-13-16-19-22-24-25-26-27-28-29-30-31-32-34-37-39-42-45-48-51-57(68)63(72)65-55(56(67)50-47-44-41-38-36-33-23-20-17-14-11-8-5-2)54-73-64-62(61(71)60(70)58(53-66)74-64)75-59(69)52-49-46-43-40-35-21-18-15-12-9-6-3/h16,19,24-25,27-28,47,50,55-58,60-62,64,66-68,70-71H,4-15,17-18,20-23,26,29-46,48-49,51-54H2,1-3H3,(H,65,72)/b19-16-,25-24-,28-27-,50-47+. The molecule has 0 radical (unpaired) electrons. The summed E-state index contributed by atoms with van der Waals surface area (Å²) in [5.41, 5.74) is 0. The predicted molar refractivity (Wildman–Crippen MR) is 310 cm³/mol. The Labute approximate surface area is 459 Å². The van der Waals surface area contributed by atoms with Gasteiger partial charge in [0.1, 0.15) is 24.4 Å². The summed E-state index contributed by atoms with van der Waals surface area (Å²) in [7, 11) is 0. The fourth-order valence-electron chi connectivity index (χ4n) is 9.72. The van der Waals surface area contributed by atoms with Gasteiger partial charge in [0.15, 0.2) is 12.4 Å². The van der Waals surface area contributed by atoms with Crippen LogP contribution in [-0.2, 0) is 23.8 Å². The SMILES string of the molecule is CCCCC/C=C\C/C=C\C/C=C\CCCCCCCCCCCC(O)C(=O)NC(COC1OC(CO)C(O)C(O)C1OC(=O)CCCCCCCCCCCCC)C(O)/C=C/CCCCCCCCCCCCC. The van der Waals surface area contributed by atoms with Crippen LogP contribution in [0.5, 0.6) is 0 Å². The number of aliphatic hydroxyl groups is 5. The zero-order valence-corrected chi connectivity index (χ0v) is 48.4. The number of esters is 1. The van der Waals surface area contributed by atoms with Crippen molar-refractivity contribution < 1.29 is 49.3 Å². The van der Waals surface area contributed by atoms with Crippen molar-refractivity contribution in [3.05, 3.63) is 48.6 Å². The largest absolute Gasteiger partial charge is 0.454 e. The van der Waals surface area contributed by atoms with Gasteiger partial charge in [-0.1, -0.05) is 262 Å². The molecule has 1 aliphatic heterocycles. The smallest absolute Gasteiger partial charge is 0.306 e. The molecule has 8 unspecified atom stereocenters. The number of carbonyl (C=O) groups excluding carboxylic acids is 2. The molecule has 0 aromatic heterocycles. The Hall–Kier alpha value is -2.38. The van der Waals surface area contributed by atoms with Crippen LogP contribution < -0.4 is 5.32 Å². The zero-order chi connectivity index (χ0) is 54.7. The molecule has 11 nitrogen and oxygen atoms in total. The highest BCUT2D eigenvalue weighted by atomic mass is 16.7. The highest BCUT2D eigenvalue weighted by molar-refractivity contribution is 5.80. The second-order valence-electron chi connectivity index (χ2n) is 21.8. The van der Waals surface area contributed by atoms with Crippen molar-refractivity contribution in [2.75, 3.05) is 13.2 Å². The minimum Gasteiger partial charge on any atom is -0.454 e. The van der Waals surface area contributed by atoms with E-state index < -0.39 is 67.4 Å². The van der Waals surface area contributed by atoms with E-state index in [1.165, 1.54) is 161 Å². The van der Waals surface area contributed by atoms with Crippen molar-refractivity contribution in [3.8, 4) is 0 Å². The normalized spacial score (nSPS) is 19.5. The summed E-state index contributed by atoms with van der Waals surface area (Å²) in [5, 5.41) is 56.9. The molecule has 0 aromatic carbocycles. The average Bonchev–Trinajstić information content (AvgIpc) is 3.41. The molecule has 1 saturated heterocycles. The lowest BCUT2D eigenvalue weighted by Gasteiger charge is -2.41. The lowest BCUT2D eigenvalue weighted by atomic mass is 9.99. The van der Waals surface area contributed by atoms with Gasteiger partial charge in [-0.15, -0.1) is 0 Å². The van der Waals surface area contributed by atoms with Gasteiger partial charge in [0.25, 0.3) is 0 Å². The van der Waals surface area contributed by atoms with E-state index in [0.29, 0.717) is 12.8 Å². The third kappa shape index (κ3) is 40.5. The van der Waals surface area contributed by atoms with Crippen molar-refractivity contribution in [2.45, 2.75) is 333 Å². The Morgan fingerprint density at radius 3 is 1.40 bits per heavy atom. The molecular weight excluding hydrogens is 943 g/mol. The molecule has 6 N–H and O–H groups in total. The molecule has 1 fully saturated rings. The van der Waals surface area contributed by atoms with Crippen LogP contribution in [0.1, 0.15) is 284 Å². The maximum atomic E-state index is 13.4. The summed E-state index contributed by atoms with van der Waals surface area (Å²) in [6, 6.07) is -1.02. The van der Waals surface area contributed by atoms with Crippen LogP contribution in [0.2, 0.25) is 0 Å². The van der Waals surface area contributed by atoms with Crippen molar-refractivity contribution in [1.82, 2.24) is 5.32 Å². The molecule has 8 atom stereocenters. The van der Waals surface area contributed by atoms with E-state index in [9.17, 15) is 35.1 Å². The van der Waals surface area contributed by atoms with Crippen LogP contribution >= 0.6 is 0 Å². The van der Waals surface area contributed by atoms with Gasteiger partial charge in [-0.25, -0.2) is 0 Å². The maximum Gasteiger partial charge on any atom is 0.306 e. The molecule has 0 saturated carbocycles. The second kappa shape index (κ2) is 52.3. The van der Waals surface area contributed by atoms with Crippen LogP contribution in [0, 0.1) is 0 Å². The van der Waals surface area contributed by atoms with Crippen molar-refractivity contribution in [1.29, 1.82) is 0 Å². The highest BCUT2D eigenvalue weighted by Crippen LogP contribution is 2.26. The van der Waals surface area contributed by atoms with Crippen LogP contribution in [0.4, 0.5) is 0 Å². The molecule has 11 heteroatoms. The lowest BCUT2D eigenvalue weighted by molar-refractivity contribution is -0.305. The molecular formula is C64H117NO10. The van der Waals surface area contributed by atoms with Gasteiger partial charge >= 0.3 is 5.97 Å². The molecule has 1 aliphatic rings. The number of hydrogen-bond acceptors (Lipinski definition) is 10. The Bertz CT molecular complexity index is 1400. The molecule has 0 spiro atoms. The molecule has 438 valence electrons. The number of allylic oxidation sites excluding steroid dienone is 7. The zero-order valence-electron chi connectivity index (χ0n) is 48.4. The molecule has 0 bridgehead atoms. The fraction of sp³-hybridized carbons (Fsp3) is 0.844. The monoisotopic (exact) mass is 1060 g/mol. The number of hydrogen-bond donors (Lipinski definition) is 6. The highest BCUT2D eigenvalue weighted by Gasteiger charge is 2.47. The minimum absolute atomic E-state index is 0.126. The van der Waals surface area contributed by atoms with Crippen molar-refractivity contribution in [2.24, 2.45) is 0 Å². The van der Waals surface area contributed by atoms with Gasteiger partial charge in [-0.3, -0.25) is 9.59 Å². The number of unbranched alkanes of at least 4 members (excludes halogenated alkanes) is 33. The number of amides is 1. The first-order valence-electron chi connectivity index (χ1n) is 31.4. The molecule has 1 heterocycles. The minimum atomic E-state index is -1.61. The number of aliphatic hydroxyl groups excluding tert-OH is 5. The Kier molecular flexibility index (Phi) is 49.3. The number of nitrogens with one attached hydrogen (secondary N) is 1. The van der Waals surface area contributed by atoms with Crippen LogP contribution in [-0.4, -0.2) is 99.6 Å². The summed E-state index contributed by atoms with van der Waals surface area (Å²) in [4.78, 5) is 26.5. The summed E-state index contributed by atoms with van der Waals surface area (Å²) < 4.78 is 17.6. The van der Waals surface area contributed by atoms with Crippen LogP contribution in [0.15, 0.2) is 48.6 Å². The van der Waals surface area contributed by atoms with E-state index in [0.717, 1.165) is 77.0 Å². The molecule has 1 rings (SSSR count). The Balaban J connectivity index is 2.65. The third-order valence-electron chi connectivity index (χ3n) is 14.7. The van der Waals surface area contributed by atoms with E-state index in [1.807, 2.05) is 6.08 Å². The van der Waals surface area contributed by atoms with Gasteiger partial charge in [-0.05, 0) is 64.2 Å². The van der Waals surface area contributed by atoms with E-state index >= 15 is 0 Å². The van der Waals surface area contributed by atoms with Gasteiger partial charge in [0.05, 0.1) is 25.4 Å². The summed E-state index contributed by atoms with van der Waals surface area (Å²) in [6.07, 6.45) is 52.9. The number of rotatable bonds is 53. The second-order valence-corrected chi connectivity index (χ2v) is 21.8. The maximum absolute atomic E-state index is 13.4. The molecule has 0 aromatic rings. The Morgan fingerprint density at radius 2 is 0.920 bits per heavy atom. The predicted octanol–water partition coefficient (Wildman–Crippen LogP) is 14.8. The van der Waals surface area contributed by atoms with Crippen LogP contribution in [0.3, 0.4) is 0 Å². The van der Waals surface area contributed by atoms with Crippen molar-refractivity contribution in [3.63, 3.8) is 0 Å². The van der Waals surface area contributed by atoms with Crippen LogP contribution in [0.25, 0.3) is 0 Å².